The summed E-state index contributed by atoms with van der Waals surface area (Å²) in [6.45, 7) is 2.08. The summed E-state index contributed by atoms with van der Waals surface area (Å²) >= 11 is 5.91. The normalized spacial score (nSPS) is 12.4. The first-order valence-electron chi connectivity index (χ1n) is 5.63. The molecule has 96 valence electrons. The van der Waals surface area contributed by atoms with E-state index in [2.05, 4.69) is 4.98 Å². The number of hydrogen-bond acceptors (Lipinski definition) is 3. The zero-order valence-corrected chi connectivity index (χ0v) is 11.1. The van der Waals surface area contributed by atoms with E-state index in [1.807, 2.05) is 11.6 Å². The Hall–Kier alpha value is -1.52. The van der Waals surface area contributed by atoms with Gasteiger partial charge in [0, 0.05) is 17.6 Å². The highest BCUT2D eigenvalue weighted by Gasteiger charge is 2.10. The molecule has 2 rings (SSSR count). The first kappa shape index (κ1) is 12.9. The topological polar surface area (TPSA) is 47.3 Å². The Morgan fingerprint density at radius 1 is 1.50 bits per heavy atom. The van der Waals surface area contributed by atoms with Gasteiger partial charge in [-0.25, -0.2) is 4.98 Å². The second-order valence-electron chi connectivity index (χ2n) is 4.14. The van der Waals surface area contributed by atoms with Crippen LogP contribution in [0.1, 0.15) is 24.3 Å². The minimum atomic E-state index is -0.620. The van der Waals surface area contributed by atoms with Crippen LogP contribution in [0.15, 0.2) is 30.7 Å². The van der Waals surface area contributed by atoms with E-state index in [1.165, 1.54) is 0 Å². The Kier molecular flexibility index (Phi) is 3.89. The van der Waals surface area contributed by atoms with Gasteiger partial charge in [0.15, 0.2) is 0 Å². The fourth-order valence-electron chi connectivity index (χ4n) is 1.65. The van der Waals surface area contributed by atoms with Crippen molar-refractivity contribution in [1.29, 1.82) is 0 Å². The third-order valence-corrected chi connectivity index (χ3v) is 2.95. The summed E-state index contributed by atoms with van der Waals surface area (Å²) in [5.41, 5.74) is 1.64. The van der Waals surface area contributed by atoms with Gasteiger partial charge < -0.3 is 14.4 Å². The van der Waals surface area contributed by atoms with Crippen molar-refractivity contribution in [1.82, 2.24) is 9.55 Å². The molecule has 0 saturated carbocycles. The van der Waals surface area contributed by atoms with Crippen LogP contribution in [0.25, 0.3) is 0 Å². The Balaban J connectivity index is 2.16. The largest absolute Gasteiger partial charge is 0.487 e. The van der Waals surface area contributed by atoms with Gasteiger partial charge in [-0.1, -0.05) is 11.6 Å². The van der Waals surface area contributed by atoms with Gasteiger partial charge >= 0.3 is 0 Å². The number of aliphatic hydroxyl groups excluding tert-OH is 1. The summed E-state index contributed by atoms with van der Waals surface area (Å²) in [6.07, 6.45) is 2.85. The summed E-state index contributed by atoms with van der Waals surface area (Å²) in [4.78, 5) is 4.02. The first-order valence-corrected chi connectivity index (χ1v) is 6.01. The van der Waals surface area contributed by atoms with E-state index in [0.717, 1.165) is 5.69 Å². The first-order chi connectivity index (χ1) is 8.58. The SMILES string of the molecule is C[C@H](O)c1cc(Cl)ccc1OCc1cncn1C. The van der Waals surface area contributed by atoms with Crippen molar-refractivity contribution in [2.24, 2.45) is 7.05 Å². The molecule has 2 aromatic rings. The lowest BCUT2D eigenvalue weighted by molar-refractivity contribution is 0.189. The van der Waals surface area contributed by atoms with Crippen molar-refractivity contribution in [3.05, 3.63) is 47.0 Å². The second kappa shape index (κ2) is 5.42. The maximum absolute atomic E-state index is 9.68. The number of ether oxygens (including phenoxy) is 1. The Labute approximate surface area is 111 Å². The van der Waals surface area contributed by atoms with Gasteiger partial charge in [-0.05, 0) is 25.1 Å². The van der Waals surface area contributed by atoms with Crippen molar-refractivity contribution in [3.63, 3.8) is 0 Å². The molecule has 0 unspecified atom stereocenters. The molecule has 0 aliphatic carbocycles. The van der Waals surface area contributed by atoms with Crippen LogP contribution in [0.3, 0.4) is 0 Å². The molecule has 0 aliphatic rings. The summed E-state index contributed by atoms with van der Waals surface area (Å²) in [7, 11) is 1.91. The lowest BCUT2D eigenvalue weighted by Gasteiger charge is -2.13. The fraction of sp³-hybridized carbons (Fsp3) is 0.308. The number of nitrogens with zero attached hydrogens (tertiary/aromatic N) is 2. The maximum atomic E-state index is 9.68. The molecule has 1 N–H and O–H groups in total. The monoisotopic (exact) mass is 266 g/mol. The summed E-state index contributed by atoms with van der Waals surface area (Å²) in [5.74, 6) is 0.635. The quantitative estimate of drug-likeness (QED) is 0.926. The van der Waals surface area contributed by atoms with Crippen molar-refractivity contribution in [3.8, 4) is 5.75 Å². The average Bonchev–Trinajstić information content (AvgIpc) is 2.73. The second-order valence-corrected chi connectivity index (χ2v) is 4.58. The minimum absolute atomic E-state index is 0.401. The standard InChI is InChI=1S/C13H15ClN2O2/c1-9(17)12-5-10(14)3-4-13(12)18-7-11-6-15-8-16(11)2/h3-6,8-9,17H,7H2,1-2H3/t9-/m0/s1. The van der Waals surface area contributed by atoms with E-state index < -0.39 is 6.10 Å². The molecule has 18 heavy (non-hydrogen) atoms. The van der Waals surface area contributed by atoms with Crippen LogP contribution in [0.5, 0.6) is 5.75 Å². The molecule has 0 aliphatic heterocycles. The number of imidazole rings is 1. The molecular weight excluding hydrogens is 252 g/mol. The molecule has 0 amide bonds. The van der Waals surface area contributed by atoms with Gasteiger partial charge in [0.1, 0.15) is 12.4 Å². The highest BCUT2D eigenvalue weighted by atomic mass is 35.5. The fourth-order valence-corrected chi connectivity index (χ4v) is 1.83. The molecular formula is C13H15ClN2O2. The molecule has 4 nitrogen and oxygen atoms in total. The molecule has 1 aromatic carbocycles. The number of halogens is 1. The van der Waals surface area contributed by atoms with Gasteiger partial charge in [0.25, 0.3) is 0 Å². The molecule has 0 spiro atoms. The van der Waals surface area contributed by atoms with E-state index in [4.69, 9.17) is 16.3 Å². The highest BCUT2D eigenvalue weighted by Crippen LogP contribution is 2.28. The molecule has 1 aromatic heterocycles. The highest BCUT2D eigenvalue weighted by molar-refractivity contribution is 6.30. The zero-order chi connectivity index (χ0) is 13.1. The third kappa shape index (κ3) is 2.83. The molecule has 1 atom stereocenters. The van der Waals surface area contributed by atoms with Crippen LogP contribution >= 0.6 is 11.6 Å². The zero-order valence-electron chi connectivity index (χ0n) is 10.3. The summed E-state index contributed by atoms with van der Waals surface area (Å²) in [5, 5.41) is 10.3. The Morgan fingerprint density at radius 3 is 2.89 bits per heavy atom. The van der Waals surface area contributed by atoms with Crippen molar-refractivity contribution in [2.45, 2.75) is 19.6 Å². The molecule has 1 heterocycles. The van der Waals surface area contributed by atoms with Crippen LogP contribution in [0.2, 0.25) is 5.02 Å². The lowest BCUT2D eigenvalue weighted by atomic mass is 10.1. The Bertz CT molecular complexity index is 538. The third-order valence-electron chi connectivity index (χ3n) is 2.71. The van der Waals surface area contributed by atoms with Crippen molar-refractivity contribution < 1.29 is 9.84 Å². The molecule has 0 fully saturated rings. The van der Waals surface area contributed by atoms with Gasteiger partial charge in [0.2, 0.25) is 0 Å². The van der Waals surface area contributed by atoms with Crippen LogP contribution < -0.4 is 4.74 Å². The van der Waals surface area contributed by atoms with E-state index in [9.17, 15) is 5.11 Å². The smallest absolute Gasteiger partial charge is 0.130 e. The maximum Gasteiger partial charge on any atom is 0.130 e. The number of hydrogen-bond donors (Lipinski definition) is 1. The van der Waals surface area contributed by atoms with Crippen LogP contribution in [0, 0.1) is 0 Å². The molecule has 0 saturated heterocycles. The number of benzene rings is 1. The van der Waals surface area contributed by atoms with E-state index >= 15 is 0 Å². The number of aromatic nitrogens is 2. The number of aliphatic hydroxyl groups is 1. The van der Waals surface area contributed by atoms with Crippen LogP contribution in [0.4, 0.5) is 0 Å². The van der Waals surface area contributed by atoms with E-state index in [-0.39, 0.29) is 0 Å². The molecule has 5 heteroatoms. The molecule has 0 radical (unpaired) electrons. The van der Waals surface area contributed by atoms with Crippen LogP contribution in [-0.2, 0) is 13.7 Å². The number of aryl methyl sites for hydroxylation is 1. The predicted molar refractivity (Wildman–Crippen MR) is 69.6 cm³/mol. The number of rotatable bonds is 4. The minimum Gasteiger partial charge on any atom is -0.487 e. The lowest BCUT2D eigenvalue weighted by Crippen LogP contribution is -2.04. The van der Waals surface area contributed by atoms with E-state index in [1.54, 1.807) is 37.6 Å². The predicted octanol–water partition coefficient (Wildman–Crippen LogP) is 2.71. The van der Waals surface area contributed by atoms with Crippen molar-refractivity contribution >= 4 is 11.6 Å². The van der Waals surface area contributed by atoms with Gasteiger partial charge in [-0.3, -0.25) is 0 Å². The average molecular weight is 267 g/mol. The molecule has 0 bridgehead atoms. The van der Waals surface area contributed by atoms with Gasteiger partial charge in [-0.15, -0.1) is 0 Å². The Morgan fingerprint density at radius 2 is 2.28 bits per heavy atom. The van der Waals surface area contributed by atoms with E-state index in [0.29, 0.717) is 22.9 Å². The van der Waals surface area contributed by atoms with Gasteiger partial charge in [0.05, 0.1) is 24.3 Å². The summed E-state index contributed by atoms with van der Waals surface area (Å²) < 4.78 is 7.59. The van der Waals surface area contributed by atoms with Crippen LogP contribution in [-0.4, -0.2) is 14.7 Å². The summed E-state index contributed by atoms with van der Waals surface area (Å²) in [6, 6.07) is 5.22. The van der Waals surface area contributed by atoms with Gasteiger partial charge in [-0.2, -0.15) is 0 Å². The van der Waals surface area contributed by atoms with Crippen molar-refractivity contribution in [2.75, 3.05) is 0 Å².